The van der Waals surface area contributed by atoms with Crippen LogP contribution in [0.2, 0.25) is 0 Å². The zero-order valence-corrected chi connectivity index (χ0v) is 6.15. The van der Waals surface area contributed by atoms with Gasteiger partial charge < -0.3 is 4.42 Å². The van der Waals surface area contributed by atoms with Crippen LogP contribution >= 0.6 is 0 Å². The Kier molecular flexibility index (Phi) is 1.51. The number of rotatable bonds is 2. The van der Waals surface area contributed by atoms with E-state index in [0.717, 1.165) is 11.8 Å². The maximum atomic E-state index is 10.5. The molecule has 0 bridgehead atoms. The quantitative estimate of drug-likeness (QED) is 0.680. The van der Waals surface area contributed by atoms with Crippen LogP contribution in [-0.4, -0.2) is 16.5 Å². The molecular weight excluding hydrogens is 156 g/mol. The molecule has 0 unspecified atom stereocenters. The molecule has 0 saturated carbocycles. The lowest BCUT2D eigenvalue weighted by atomic mass is 10.2. The molecule has 2 rings (SSSR count). The van der Waals surface area contributed by atoms with E-state index in [0.29, 0.717) is 11.3 Å². The van der Waals surface area contributed by atoms with Crippen molar-refractivity contribution >= 4 is 6.29 Å². The molecule has 0 aliphatic heterocycles. The third kappa shape index (κ3) is 0.934. The lowest BCUT2D eigenvalue weighted by molar-refractivity contribution is 0.112. The zero-order chi connectivity index (χ0) is 8.39. The maximum Gasteiger partial charge on any atom is 0.153 e. The van der Waals surface area contributed by atoms with Crippen molar-refractivity contribution in [3.8, 4) is 11.3 Å². The van der Waals surface area contributed by atoms with E-state index in [1.807, 2.05) is 0 Å². The van der Waals surface area contributed by atoms with Gasteiger partial charge in [-0.2, -0.15) is 5.10 Å². The van der Waals surface area contributed by atoms with E-state index < -0.39 is 0 Å². The summed E-state index contributed by atoms with van der Waals surface area (Å²) in [6, 6.07) is 1.75. The molecule has 0 fully saturated rings. The van der Waals surface area contributed by atoms with E-state index in [2.05, 4.69) is 10.2 Å². The number of furan rings is 1. The molecule has 0 aliphatic rings. The van der Waals surface area contributed by atoms with Gasteiger partial charge in [0.15, 0.2) is 6.29 Å². The number of hydrogen-bond acceptors (Lipinski definition) is 3. The minimum atomic E-state index is 0.538. The van der Waals surface area contributed by atoms with Crippen LogP contribution in [0.4, 0.5) is 0 Å². The number of aldehydes is 1. The third-order valence-electron chi connectivity index (χ3n) is 1.59. The monoisotopic (exact) mass is 162 g/mol. The Balaban J connectivity index is 2.53. The van der Waals surface area contributed by atoms with Gasteiger partial charge in [0, 0.05) is 11.8 Å². The Labute approximate surface area is 68.2 Å². The van der Waals surface area contributed by atoms with Crippen molar-refractivity contribution < 1.29 is 9.21 Å². The molecule has 4 nitrogen and oxygen atoms in total. The highest BCUT2D eigenvalue weighted by Crippen LogP contribution is 2.19. The van der Waals surface area contributed by atoms with Crippen molar-refractivity contribution in [2.45, 2.75) is 0 Å². The van der Waals surface area contributed by atoms with E-state index in [1.54, 1.807) is 24.8 Å². The first-order chi connectivity index (χ1) is 5.92. The van der Waals surface area contributed by atoms with Gasteiger partial charge in [-0.1, -0.05) is 0 Å². The molecule has 0 spiro atoms. The van der Waals surface area contributed by atoms with Gasteiger partial charge >= 0.3 is 0 Å². The standard InChI is InChI=1S/C8H6N2O2/c11-4-7-3-9-10-8(7)6-1-2-12-5-6/h1-5H,(H,9,10). The molecule has 2 aromatic rings. The Morgan fingerprint density at radius 1 is 1.58 bits per heavy atom. The number of hydrogen-bond donors (Lipinski definition) is 1. The van der Waals surface area contributed by atoms with Crippen LogP contribution in [0.1, 0.15) is 10.4 Å². The number of carbonyl (C=O) groups excluding carboxylic acids is 1. The van der Waals surface area contributed by atoms with Crippen molar-refractivity contribution in [3.05, 3.63) is 30.4 Å². The fraction of sp³-hybridized carbons (Fsp3) is 0. The molecular formula is C8H6N2O2. The molecule has 0 radical (unpaired) electrons. The number of aromatic amines is 1. The third-order valence-corrected chi connectivity index (χ3v) is 1.59. The van der Waals surface area contributed by atoms with E-state index in [4.69, 9.17) is 4.42 Å². The first-order valence-electron chi connectivity index (χ1n) is 3.43. The molecule has 12 heavy (non-hydrogen) atoms. The fourth-order valence-corrected chi connectivity index (χ4v) is 1.02. The van der Waals surface area contributed by atoms with Crippen molar-refractivity contribution in [2.75, 3.05) is 0 Å². The van der Waals surface area contributed by atoms with Gasteiger partial charge in [0.2, 0.25) is 0 Å². The average Bonchev–Trinajstić information content (AvgIpc) is 2.74. The van der Waals surface area contributed by atoms with E-state index in [9.17, 15) is 4.79 Å². The van der Waals surface area contributed by atoms with Gasteiger partial charge in [-0.05, 0) is 6.07 Å². The summed E-state index contributed by atoms with van der Waals surface area (Å²) in [4.78, 5) is 10.5. The number of H-pyrrole nitrogens is 1. The van der Waals surface area contributed by atoms with E-state index in [1.165, 1.54) is 0 Å². The Morgan fingerprint density at radius 3 is 3.17 bits per heavy atom. The summed E-state index contributed by atoms with van der Waals surface area (Å²) in [5.74, 6) is 0. The molecule has 0 aliphatic carbocycles. The van der Waals surface area contributed by atoms with Gasteiger partial charge in [-0.3, -0.25) is 9.89 Å². The maximum absolute atomic E-state index is 10.5. The number of nitrogens with one attached hydrogen (secondary N) is 1. The highest BCUT2D eigenvalue weighted by atomic mass is 16.3. The Hall–Kier alpha value is -1.84. The fourth-order valence-electron chi connectivity index (χ4n) is 1.02. The second-order valence-electron chi connectivity index (χ2n) is 2.32. The van der Waals surface area contributed by atoms with Gasteiger partial charge in [-0.15, -0.1) is 0 Å². The molecule has 60 valence electrons. The molecule has 1 N–H and O–H groups in total. The predicted molar refractivity (Wildman–Crippen MR) is 41.7 cm³/mol. The minimum Gasteiger partial charge on any atom is -0.472 e. The van der Waals surface area contributed by atoms with Crippen LogP contribution < -0.4 is 0 Å². The van der Waals surface area contributed by atoms with Crippen LogP contribution in [0.25, 0.3) is 11.3 Å². The summed E-state index contributed by atoms with van der Waals surface area (Å²) in [7, 11) is 0. The topological polar surface area (TPSA) is 58.9 Å². The van der Waals surface area contributed by atoms with Gasteiger partial charge in [-0.25, -0.2) is 0 Å². The summed E-state index contributed by atoms with van der Waals surface area (Å²) >= 11 is 0. The number of aromatic nitrogens is 2. The SMILES string of the molecule is O=Cc1c[nH]nc1-c1ccoc1. The molecule has 0 aromatic carbocycles. The molecule has 0 saturated heterocycles. The first-order valence-corrected chi connectivity index (χ1v) is 3.43. The van der Waals surface area contributed by atoms with Crippen LogP contribution in [0, 0.1) is 0 Å². The van der Waals surface area contributed by atoms with Gasteiger partial charge in [0.25, 0.3) is 0 Å². The lowest BCUT2D eigenvalue weighted by Crippen LogP contribution is -1.80. The summed E-state index contributed by atoms with van der Waals surface area (Å²) in [5, 5.41) is 6.53. The molecule has 4 heteroatoms. The molecule has 2 heterocycles. The molecule has 0 amide bonds. The van der Waals surface area contributed by atoms with Crippen LogP contribution in [0.3, 0.4) is 0 Å². The second-order valence-corrected chi connectivity index (χ2v) is 2.32. The highest BCUT2D eigenvalue weighted by Gasteiger charge is 2.07. The van der Waals surface area contributed by atoms with Gasteiger partial charge in [0.1, 0.15) is 5.69 Å². The summed E-state index contributed by atoms with van der Waals surface area (Å²) < 4.78 is 4.87. The van der Waals surface area contributed by atoms with E-state index in [-0.39, 0.29) is 0 Å². The van der Waals surface area contributed by atoms with Crippen LogP contribution in [0.5, 0.6) is 0 Å². The Morgan fingerprint density at radius 2 is 2.50 bits per heavy atom. The highest BCUT2D eigenvalue weighted by molar-refractivity contribution is 5.84. The van der Waals surface area contributed by atoms with Crippen molar-refractivity contribution in [2.24, 2.45) is 0 Å². The van der Waals surface area contributed by atoms with Crippen LogP contribution in [-0.2, 0) is 0 Å². The summed E-state index contributed by atoms with van der Waals surface area (Å²) in [6.07, 6.45) is 5.39. The van der Waals surface area contributed by atoms with Gasteiger partial charge in [0.05, 0.1) is 18.1 Å². The van der Waals surface area contributed by atoms with Crippen molar-refractivity contribution in [3.63, 3.8) is 0 Å². The molecule has 2 aromatic heterocycles. The first kappa shape index (κ1) is 6.84. The van der Waals surface area contributed by atoms with E-state index >= 15 is 0 Å². The van der Waals surface area contributed by atoms with Crippen molar-refractivity contribution in [1.82, 2.24) is 10.2 Å². The zero-order valence-electron chi connectivity index (χ0n) is 6.15. The average molecular weight is 162 g/mol. The largest absolute Gasteiger partial charge is 0.472 e. The normalized spacial score (nSPS) is 10.0. The second kappa shape index (κ2) is 2.65. The molecule has 0 atom stereocenters. The number of nitrogens with zero attached hydrogens (tertiary/aromatic N) is 1. The minimum absolute atomic E-state index is 0.538. The van der Waals surface area contributed by atoms with Crippen molar-refractivity contribution in [1.29, 1.82) is 0 Å². The lowest BCUT2D eigenvalue weighted by Gasteiger charge is -1.87. The number of carbonyl (C=O) groups is 1. The van der Waals surface area contributed by atoms with Crippen LogP contribution in [0.15, 0.2) is 29.2 Å². The Bertz CT molecular complexity index is 375. The smallest absolute Gasteiger partial charge is 0.153 e. The summed E-state index contributed by atoms with van der Waals surface area (Å²) in [6.45, 7) is 0. The predicted octanol–water partition coefficient (Wildman–Crippen LogP) is 1.48. The summed E-state index contributed by atoms with van der Waals surface area (Å²) in [5.41, 5.74) is 1.97.